The average molecular weight is 511 g/mol. The molecule has 1 heterocycles. The predicted molar refractivity (Wildman–Crippen MR) is 149 cm³/mol. The normalized spacial score (nSPS) is 15.4. The molecule has 3 N–H and O–H groups in total. The first-order chi connectivity index (χ1) is 18.5. The molecule has 1 aliphatic carbocycles. The molecular formula is C32H31FN2O3. The Hall–Kier alpha value is -3.87. The molecule has 4 aromatic rings. The van der Waals surface area contributed by atoms with Gasteiger partial charge < -0.3 is 10.2 Å². The highest BCUT2D eigenvalue weighted by molar-refractivity contribution is 6.01. The van der Waals surface area contributed by atoms with Gasteiger partial charge >= 0.3 is 0 Å². The molecule has 1 saturated carbocycles. The van der Waals surface area contributed by atoms with Crippen LogP contribution in [0.1, 0.15) is 54.4 Å². The molecule has 194 valence electrons. The number of aliphatic hydroxyl groups excluding tert-OH is 2. The summed E-state index contributed by atoms with van der Waals surface area (Å²) in [7, 11) is 0. The topological polar surface area (TPSA) is 86.2 Å². The minimum atomic E-state index is -0.874. The van der Waals surface area contributed by atoms with Gasteiger partial charge in [-0.2, -0.15) is 9.49 Å². The van der Waals surface area contributed by atoms with Crippen LogP contribution in [-0.4, -0.2) is 38.9 Å². The van der Waals surface area contributed by atoms with E-state index in [1.54, 1.807) is 6.08 Å². The van der Waals surface area contributed by atoms with Crippen LogP contribution in [0.25, 0.3) is 28.1 Å². The fraction of sp³-hybridized carbons (Fsp3) is 0.250. The Balaban J connectivity index is 1.55. The zero-order chi connectivity index (χ0) is 26.5. The van der Waals surface area contributed by atoms with E-state index in [4.69, 9.17) is 5.11 Å². The van der Waals surface area contributed by atoms with Gasteiger partial charge in [-0.1, -0.05) is 73.2 Å². The third-order valence-electron chi connectivity index (χ3n) is 7.26. The standard InChI is InChI=1S/C32H31FN2O3/c33-32-28-19-25(14-18-29(28)34-35-32)31(30(23-7-4-8-23)22-5-2-1-3-6-22)24-12-9-21(10-13-24)11-15-26(37)16-17-27(38)20-36/h1-3,5-6,9-15,18-19,23,27,36,38H,4,7-8,16-17,20H2,(H,34,35)/b15-11+,31-30-. The number of aromatic nitrogens is 2. The van der Waals surface area contributed by atoms with Crippen LogP contribution in [-0.2, 0) is 4.79 Å². The van der Waals surface area contributed by atoms with E-state index < -0.39 is 12.1 Å². The van der Waals surface area contributed by atoms with Gasteiger partial charge in [0.05, 0.1) is 23.6 Å². The summed E-state index contributed by atoms with van der Waals surface area (Å²) in [5, 5.41) is 25.3. The molecule has 0 amide bonds. The number of hydrogen-bond acceptors (Lipinski definition) is 4. The van der Waals surface area contributed by atoms with Gasteiger partial charge in [0.25, 0.3) is 0 Å². The number of benzene rings is 3. The number of fused-ring (bicyclic) bond motifs is 1. The number of ketones is 1. The van der Waals surface area contributed by atoms with Crippen molar-refractivity contribution in [3.63, 3.8) is 0 Å². The first-order valence-corrected chi connectivity index (χ1v) is 13.1. The third-order valence-corrected chi connectivity index (χ3v) is 7.26. The number of aliphatic hydroxyl groups is 2. The lowest BCUT2D eigenvalue weighted by Gasteiger charge is -2.31. The Morgan fingerprint density at radius 3 is 2.45 bits per heavy atom. The molecule has 5 nitrogen and oxygen atoms in total. The molecule has 1 fully saturated rings. The smallest absolute Gasteiger partial charge is 0.216 e. The van der Waals surface area contributed by atoms with E-state index in [1.807, 2.05) is 48.5 Å². The van der Waals surface area contributed by atoms with Crippen molar-refractivity contribution in [1.29, 1.82) is 0 Å². The number of halogens is 1. The Kier molecular flexibility index (Phi) is 7.91. The van der Waals surface area contributed by atoms with Crippen LogP contribution >= 0.6 is 0 Å². The lowest BCUT2D eigenvalue weighted by atomic mass is 9.73. The highest BCUT2D eigenvalue weighted by atomic mass is 19.1. The quantitative estimate of drug-likeness (QED) is 0.176. The van der Waals surface area contributed by atoms with Crippen molar-refractivity contribution in [2.75, 3.05) is 6.61 Å². The second-order valence-electron chi connectivity index (χ2n) is 9.85. The summed E-state index contributed by atoms with van der Waals surface area (Å²) in [6, 6.07) is 24.2. The molecule has 1 unspecified atom stereocenters. The van der Waals surface area contributed by atoms with Gasteiger partial charge in [-0.05, 0) is 76.8 Å². The number of allylic oxidation sites excluding steroid dienone is 2. The van der Waals surface area contributed by atoms with Crippen LogP contribution in [0.2, 0.25) is 0 Å². The van der Waals surface area contributed by atoms with Gasteiger partial charge in [-0.3, -0.25) is 9.89 Å². The summed E-state index contributed by atoms with van der Waals surface area (Å²) in [6.07, 6.45) is 6.23. The Labute approximate surface area is 221 Å². The fourth-order valence-electron chi connectivity index (χ4n) is 4.94. The number of carbonyl (C=O) groups is 1. The van der Waals surface area contributed by atoms with Gasteiger partial charge in [0.1, 0.15) is 0 Å². The van der Waals surface area contributed by atoms with Crippen LogP contribution < -0.4 is 0 Å². The van der Waals surface area contributed by atoms with E-state index in [9.17, 15) is 14.3 Å². The van der Waals surface area contributed by atoms with Crippen molar-refractivity contribution < 1.29 is 19.4 Å². The molecule has 38 heavy (non-hydrogen) atoms. The van der Waals surface area contributed by atoms with Crippen molar-refractivity contribution in [3.05, 3.63) is 107 Å². The molecule has 0 aliphatic heterocycles. The van der Waals surface area contributed by atoms with Gasteiger partial charge in [0, 0.05) is 6.42 Å². The summed E-state index contributed by atoms with van der Waals surface area (Å²) in [5.74, 6) is -0.125. The molecule has 0 saturated heterocycles. The molecule has 6 heteroatoms. The zero-order valence-electron chi connectivity index (χ0n) is 21.1. The van der Waals surface area contributed by atoms with E-state index in [2.05, 4.69) is 34.5 Å². The van der Waals surface area contributed by atoms with Crippen molar-refractivity contribution >= 4 is 33.9 Å². The van der Waals surface area contributed by atoms with E-state index in [0.717, 1.165) is 35.1 Å². The predicted octanol–water partition coefficient (Wildman–Crippen LogP) is 6.18. The third kappa shape index (κ3) is 5.67. The van der Waals surface area contributed by atoms with Crippen LogP contribution in [0.15, 0.2) is 78.9 Å². The van der Waals surface area contributed by atoms with Crippen LogP contribution in [0.4, 0.5) is 4.39 Å². The highest BCUT2D eigenvalue weighted by Gasteiger charge is 2.27. The Morgan fingerprint density at radius 2 is 1.76 bits per heavy atom. The van der Waals surface area contributed by atoms with E-state index >= 15 is 0 Å². The minimum Gasteiger partial charge on any atom is -0.394 e. The summed E-state index contributed by atoms with van der Waals surface area (Å²) in [6.45, 7) is -0.347. The SMILES string of the molecule is O=C(/C=C/c1ccc(/C(=C(\c2ccccc2)C2CCC2)c2ccc3n[nH]c(F)c3c2)cc1)CCC(O)CO. The molecule has 1 atom stereocenters. The van der Waals surface area contributed by atoms with Gasteiger partial charge in [-0.15, -0.1) is 0 Å². The van der Waals surface area contributed by atoms with Crippen molar-refractivity contribution in [2.45, 2.75) is 38.2 Å². The number of carbonyl (C=O) groups excluding carboxylic acids is 1. The van der Waals surface area contributed by atoms with Gasteiger partial charge in [0.2, 0.25) is 5.95 Å². The van der Waals surface area contributed by atoms with Crippen molar-refractivity contribution in [3.8, 4) is 0 Å². The number of nitrogens with one attached hydrogen (secondary N) is 1. The molecule has 1 aromatic heterocycles. The molecule has 5 rings (SSSR count). The number of nitrogens with zero attached hydrogens (tertiary/aromatic N) is 1. The zero-order valence-corrected chi connectivity index (χ0v) is 21.1. The van der Waals surface area contributed by atoms with Crippen LogP contribution in [0.5, 0.6) is 0 Å². The first kappa shape index (κ1) is 25.8. The van der Waals surface area contributed by atoms with E-state index in [1.165, 1.54) is 23.6 Å². The van der Waals surface area contributed by atoms with Gasteiger partial charge in [0.15, 0.2) is 5.78 Å². The monoisotopic (exact) mass is 510 g/mol. The van der Waals surface area contributed by atoms with Crippen molar-refractivity contribution in [1.82, 2.24) is 10.2 Å². The summed E-state index contributed by atoms with van der Waals surface area (Å²) >= 11 is 0. The summed E-state index contributed by atoms with van der Waals surface area (Å²) < 4.78 is 14.5. The first-order valence-electron chi connectivity index (χ1n) is 13.1. The maximum absolute atomic E-state index is 14.5. The molecule has 1 aliphatic rings. The number of aromatic amines is 1. The van der Waals surface area contributed by atoms with Crippen LogP contribution in [0, 0.1) is 11.9 Å². The summed E-state index contributed by atoms with van der Waals surface area (Å²) in [4.78, 5) is 12.1. The second kappa shape index (κ2) is 11.7. The molecule has 3 aromatic carbocycles. The molecule has 0 spiro atoms. The van der Waals surface area contributed by atoms with Gasteiger partial charge in [-0.25, -0.2) is 0 Å². The number of hydrogen-bond donors (Lipinski definition) is 3. The molecule has 0 radical (unpaired) electrons. The average Bonchev–Trinajstić information content (AvgIpc) is 3.30. The van der Waals surface area contributed by atoms with E-state index in [0.29, 0.717) is 16.8 Å². The largest absolute Gasteiger partial charge is 0.394 e. The number of H-pyrrole nitrogens is 1. The Bertz CT molecular complexity index is 1470. The van der Waals surface area contributed by atoms with Crippen molar-refractivity contribution in [2.24, 2.45) is 5.92 Å². The highest BCUT2D eigenvalue weighted by Crippen LogP contribution is 2.45. The molecular weight excluding hydrogens is 479 g/mol. The lowest BCUT2D eigenvalue weighted by molar-refractivity contribution is -0.115. The lowest BCUT2D eigenvalue weighted by Crippen LogP contribution is -2.15. The maximum atomic E-state index is 14.5. The fourth-order valence-corrected chi connectivity index (χ4v) is 4.94. The second-order valence-corrected chi connectivity index (χ2v) is 9.85. The maximum Gasteiger partial charge on any atom is 0.216 e. The van der Waals surface area contributed by atoms with E-state index in [-0.39, 0.29) is 25.2 Å². The Morgan fingerprint density at radius 1 is 1.03 bits per heavy atom. The summed E-state index contributed by atoms with van der Waals surface area (Å²) in [5.41, 5.74) is 6.93. The van der Waals surface area contributed by atoms with Crippen LogP contribution in [0.3, 0.4) is 0 Å². The molecule has 0 bridgehead atoms. The number of rotatable bonds is 10. The minimum absolute atomic E-state index is 0.103.